The molecule has 3 heterocycles. The monoisotopic (exact) mass is 522 g/mol. The minimum atomic E-state index is -0.544. The van der Waals surface area contributed by atoms with E-state index in [-0.39, 0.29) is 23.3 Å². The van der Waals surface area contributed by atoms with Gasteiger partial charge < -0.3 is 29.3 Å². The van der Waals surface area contributed by atoms with Crippen LogP contribution in [0.15, 0.2) is 30.3 Å². The molecule has 0 aliphatic carbocycles. The Hall–Kier alpha value is -3.14. The summed E-state index contributed by atoms with van der Waals surface area (Å²) in [6, 6.07) is 9.59. The number of phenols is 1. The van der Waals surface area contributed by atoms with Gasteiger partial charge in [-0.2, -0.15) is 0 Å². The molecule has 204 valence electrons. The number of likely N-dealkylation sites (N-methyl/N-ethyl adjacent to an activating group) is 1. The van der Waals surface area contributed by atoms with Gasteiger partial charge in [-0.05, 0) is 41.3 Å². The number of phenolic OH excluding ortho intramolecular Hbond substituents is 1. The molecule has 5 rings (SSSR count). The first kappa shape index (κ1) is 26.5. The number of nitrogens with zero attached hydrogens (tertiary/aromatic N) is 4. The van der Waals surface area contributed by atoms with Crippen LogP contribution in [0.2, 0.25) is 0 Å². The Bertz CT molecular complexity index is 1190. The maximum absolute atomic E-state index is 13.8. The number of hydrogen-bond donors (Lipinski definition) is 1. The standard InChI is InChI=1S/C29H38N4O5/c1-20(2)24-15-25(27(16-26(24)34)38-29(36)32-10-12-37-13-11-32)28(35)33-18-22-5-4-21(14-23(22)19-33)17-31-8-6-30(3)7-9-31/h4-5,14-16,20,34H,6-13,17-19H2,1-3H3. The van der Waals surface area contributed by atoms with Crippen molar-refractivity contribution >= 4 is 12.0 Å². The summed E-state index contributed by atoms with van der Waals surface area (Å²) in [6.07, 6.45) is -0.544. The molecule has 0 bridgehead atoms. The molecule has 0 aromatic heterocycles. The van der Waals surface area contributed by atoms with Gasteiger partial charge >= 0.3 is 6.09 Å². The van der Waals surface area contributed by atoms with E-state index >= 15 is 0 Å². The maximum Gasteiger partial charge on any atom is 0.415 e. The topological polar surface area (TPSA) is 85.8 Å². The van der Waals surface area contributed by atoms with E-state index < -0.39 is 6.09 Å². The second-order valence-corrected chi connectivity index (χ2v) is 10.9. The third kappa shape index (κ3) is 5.80. The van der Waals surface area contributed by atoms with Gasteiger partial charge in [0, 0.05) is 65.0 Å². The Kier molecular flexibility index (Phi) is 7.88. The van der Waals surface area contributed by atoms with Crippen LogP contribution < -0.4 is 4.74 Å². The molecule has 9 nitrogen and oxygen atoms in total. The normalized spacial score (nSPS) is 18.6. The van der Waals surface area contributed by atoms with E-state index in [1.165, 1.54) is 11.6 Å². The molecule has 0 saturated carbocycles. The highest BCUT2D eigenvalue weighted by molar-refractivity contribution is 5.98. The van der Waals surface area contributed by atoms with Crippen LogP contribution in [0, 0.1) is 0 Å². The first-order valence-corrected chi connectivity index (χ1v) is 13.5. The van der Waals surface area contributed by atoms with Gasteiger partial charge in [0.15, 0.2) is 0 Å². The molecule has 9 heteroatoms. The Morgan fingerprint density at radius 3 is 2.37 bits per heavy atom. The second kappa shape index (κ2) is 11.3. The van der Waals surface area contributed by atoms with Gasteiger partial charge in [-0.1, -0.05) is 32.0 Å². The van der Waals surface area contributed by atoms with Gasteiger partial charge in [0.2, 0.25) is 0 Å². The van der Waals surface area contributed by atoms with Crippen LogP contribution in [0.4, 0.5) is 4.79 Å². The summed E-state index contributed by atoms with van der Waals surface area (Å²) in [5.74, 6) is -0.119. The first-order valence-electron chi connectivity index (χ1n) is 13.5. The molecule has 0 spiro atoms. The predicted molar refractivity (Wildman–Crippen MR) is 143 cm³/mol. The summed E-state index contributed by atoms with van der Waals surface area (Å²) in [7, 11) is 2.16. The number of benzene rings is 2. The number of carbonyl (C=O) groups excluding carboxylic acids is 2. The van der Waals surface area contributed by atoms with Crippen LogP contribution in [-0.4, -0.2) is 96.2 Å². The number of ether oxygens (including phenoxy) is 2. The van der Waals surface area contributed by atoms with Gasteiger partial charge in [0.05, 0.1) is 18.8 Å². The summed E-state index contributed by atoms with van der Waals surface area (Å²) in [5.41, 5.74) is 4.48. The lowest BCUT2D eigenvalue weighted by molar-refractivity contribution is 0.0414. The van der Waals surface area contributed by atoms with Gasteiger partial charge in [-0.3, -0.25) is 9.69 Å². The zero-order valence-electron chi connectivity index (χ0n) is 22.6. The molecule has 1 N–H and O–H groups in total. The zero-order chi connectivity index (χ0) is 26.8. The number of amides is 2. The van der Waals surface area contributed by atoms with E-state index in [0.29, 0.717) is 50.5 Å². The molecule has 2 aromatic rings. The van der Waals surface area contributed by atoms with Crippen molar-refractivity contribution in [2.45, 2.75) is 39.4 Å². The Morgan fingerprint density at radius 1 is 0.947 bits per heavy atom. The van der Waals surface area contributed by atoms with Crippen LogP contribution >= 0.6 is 0 Å². The fourth-order valence-electron chi connectivity index (χ4n) is 5.33. The molecule has 2 fully saturated rings. The third-order valence-electron chi connectivity index (χ3n) is 7.73. The predicted octanol–water partition coefficient (Wildman–Crippen LogP) is 3.25. The summed E-state index contributed by atoms with van der Waals surface area (Å²) < 4.78 is 11.0. The third-order valence-corrected chi connectivity index (χ3v) is 7.73. The zero-order valence-corrected chi connectivity index (χ0v) is 22.6. The smallest absolute Gasteiger partial charge is 0.415 e. The van der Waals surface area contributed by atoms with Crippen LogP contribution in [0.1, 0.15) is 52.4 Å². The Morgan fingerprint density at radius 2 is 1.66 bits per heavy atom. The van der Waals surface area contributed by atoms with E-state index in [0.717, 1.165) is 43.9 Å². The minimum absolute atomic E-state index is 0.00143. The van der Waals surface area contributed by atoms with Crippen molar-refractivity contribution in [2.75, 3.05) is 59.5 Å². The highest BCUT2D eigenvalue weighted by Gasteiger charge is 2.30. The number of hydrogen-bond acceptors (Lipinski definition) is 7. The Balaban J connectivity index is 1.34. The molecule has 3 aliphatic heterocycles. The van der Waals surface area contributed by atoms with E-state index in [2.05, 4.69) is 35.0 Å². The highest BCUT2D eigenvalue weighted by atomic mass is 16.6. The summed E-state index contributed by atoms with van der Waals surface area (Å²) in [5, 5.41) is 10.6. The van der Waals surface area contributed by atoms with Crippen molar-refractivity contribution in [3.05, 3.63) is 58.1 Å². The van der Waals surface area contributed by atoms with E-state index in [4.69, 9.17) is 9.47 Å². The fraction of sp³-hybridized carbons (Fsp3) is 0.517. The van der Waals surface area contributed by atoms with Gasteiger partial charge in [-0.15, -0.1) is 0 Å². The van der Waals surface area contributed by atoms with Gasteiger partial charge in [0.1, 0.15) is 11.5 Å². The van der Waals surface area contributed by atoms with Crippen LogP contribution in [0.5, 0.6) is 11.5 Å². The van der Waals surface area contributed by atoms with Crippen molar-refractivity contribution in [3.63, 3.8) is 0 Å². The lowest BCUT2D eigenvalue weighted by Crippen LogP contribution is -2.43. The lowest BCUT2D eigenvalue weighted by Gasteiger charge is -2.32. The fourth-order valence-corrected chi connectivity index (χ4v) is 5.33. The summed E-state index contributed by atoms with van der Waals surface area (Å²) >= 11 is 0. The molecule has 2 aromatic carbocycles. The molecule has 0 radical (unpaired) electrons. The van der Waals surface area contributed by atoms with Crippen molar-refractivity contribution in [1.82, 2.24) is 19.6 Å². The van der Waals surface area contributed by atoms with Crippen molar-refractivity contribution in [1.29, 1.82) is 0 Å². The van der Waals surface area contributed by atoms with Crippen LogP contribution in [-0.2, 0) is 24.4 Å². The Labute approximate surface area is 224 Å². The van der Waals surface area contributed by atoms with E-state index in [9.17, 15) is 14.7 Å². The lowest BCUT2D eigenvalue weighted by atomic mass is 9.98. The number of fused-ring (bicyclic) bond motifs is 1. The molecule has 38 heavy (non-hydrogen) atoms. The molecule has 2 amide bonds. The maximum atomic E-state index is 13.8. The number of morpholine rings is 1. The second-order valence-electron chi connectivity index (χ2n) is 10.9. The average Bonchev–Trinajstić information content (AvgIpc) is 3.33. The van der Waals surface area contributed by atoms with E-state index in [1.54, 1.807) is 15.9 Å². The molecule has 3 aliphatic rings. The minimum Gasteiger partial charge on any atom is -0.508 e. The molecular weight excluding hydrogens is 484 g/mol. The molecule has 2 saturated heterocycles. The van der Waals surface area contributed by atoms with Crippen molar-refractivity contribution in [2.24, 2.45) is 0 Å². The van der Waals surface area contributed by atoms with Crippen molar-refractivity contribution < 1.29 is 24.2 Å². The average molecular weight is 523 g/mol. The van der Waals surface area contributed by atoms with Gasteiger partial charge in [0.25, 0.3) is 5.91 Å². The largest absolute Gasteiger partial charge is 0.508 e. The number of aromatic hydroxyl groups is 1. The summed E-state index contributed by atoms with van der Waals surface area (Å²) in [6.45, 7) is 11.8. The molecule has 0 unspecified atom stereocenters. The number of carbonyl (C=O) groups is 2. The molecule has 0 atom stereocenters. The first-order chi connectivity index (χ1) is 18.3. The van der Waals surface area contributed by atoms with Gasteiger partial charge in [-0.25, -0.2) is 4.79 Å². The van der Waals surface area contributed by atoms with Crippen LogP contribution in [0.3, 0.4) is 0 Å². The number of piperazine rings is 1. The summed E-state index contributed by atoms with van der Waals surface area (Å²) in [4.78, 5) is 34.8. The highest BCUT2D eigenvalue weighted by Crippen LogP contribution is 2.35. The van der Waals surface area contributed by atoms with Crippen LogP contribution in [0.25, 0.3) is 0 Å². The van der Waals surface area contributed by atoms with E-state index in [1.807, 2.05) is 13.8 Å². The SMILES string of the molecule is CC(C)c1cc(C(=O)N2Cc3ccc(CN4CCN(C)CC4)cc3C2)c(OC(=O)N2CCOCC2)cc1O. The van der Waals surface area contributed by atoms with Crippen molar-refractivity contribution in [3.8, 4) is 11.5 Å². The number of rotatable bonds is 5. The quantitative estimate of drug-likeness (QED) is 0.645. The molecular formula is C29H38N4O5.